The summed E-state index contributed by atoms with van der Waals surface area (Å²) in [5.74, 6) is 0.804. The zero-order chi connectivity index (χ0) is 14.4. The molecule has 0 radical (unpaired) electrons. The highest BCUT2D eigenvalue weighted by Gasteiger charge is 2.14. The predicted molar refractivity (Wildman–Crippen MR) is 84.5 cm³/mol. The lowest BCUT2D eigenvalue weighted by Gasteiger charge is -2.17. The van der Waals surface area contributed by atoms with E-state index in [4.69, 9.17) is 5.11 Å². The van der Waals surface area contributed by atoms with Gasteiger partial charge in [0.15, 0.2) is 0 Å². The van der Waals surface area contributed by atoms with Crippen molar-refractivity contribution in [2.75, 3.05) is 23.9 Å². The first kappa shape index (κ1) is 15.2. The van der Waals surface area contributed by atoms with Gasteiger partial charge in [0.25, 0.3) is 0 Å². The van der Waals surface area contributed by atoms with Gasteiger partial charge in [0.1, 0.15) is 0 Å². The number of urea groups is 1. The molecular formula is C15H22N2O2S. The fraction of sp³-hybridized carbons (Fsp3) is 0.533. The van der Waals surface area contributed by atoms with E-state index in [2.05, 4.69) is 22.8 Å². The average molecular weight is 294 g/mol. The largest absolute Gasteiger partial charge is 0.396 e. The van der Waals surface area contributed by atoms with Crippen LogP contribution in [0.3, 0.4) is 0 Å². The third-order valence-electron chi connectivity index (χ3n) is 3.54. The minimum Gasteiger partial charge on any atom is -0.396 e. The number of aliphatic hydroxyl groups excluding tert-OH is 1. The Balaban J connectivity index is 1.90. The van der Waals surface area contributed by atoms with E-state index in [0.29, 0.717) is 6.42 Å². The van der Waals surface area contributed by atoms with Gasteiger partial charge < -0.3 is 15.7 Å². The molecule has 0 aromatic heterocycles. The van der Waals surface area contributed by atoms with Crippen molar-refractivity contribution < 1.29 is 9.90 Å². The maximum Gasteiger partial charge on any atom is 0.319 e. The second-order valence-corrected chi connectivity index (χ2v) is 6.01. The first-order chi connectivity index (χ1) is 9.72. The van der Waals surface area contributed by atoms with Gasteiger partial charge in [-0.15, -0.1) is 0 Å². The number of nitrogens with one attached hydrogen (secondary N) is 2. The van der Waals surface area contributed by atoms with Crippen molar-refractivity contribution >= 4 is 23.5 Å². The molecule has 0 heterocycles. The van der Waals surface area contributed by atoms with E-state index in [1.165, 1.54) is 17.5 Å². The van der Waals surface area contributed by atoms with Crippen LogP contribution in [0.1, 0.15) is 24.0 Å². The molecule has 0 fully saturated rings. The summed E-state index contributed by atoms with van der Waals surface area (Å²) in [5, 5.41) is 14.8. The van der Waals surface area contributed by atoms with E-state index in [1.807, 2.05) is 12.3 Å². The minimum absolute atomic E-state index is 0.00410. The molecule has 3 N–H and O–H groups in total. The molecular weight excluding hydrogens is 272 g/mol. The minimum atomic E-state index is -0.199. The second-order valence-electron chi connectivity index (χ2n) is 5.10. The molecule has 0 saturated carbocycles. The Morgan fingerprint density at radius 1 is 1.40 bits per heavy atom. The highest BCUT2D eigenvalue weighted by molar-refractivity contribution is 7.98. The van der Waals surface area contributed by atoms with Crippen LogP contribution >= 0.6 is 11.8 Å². The molecule has 1 aliphatic rings. The van der Waals surface area contributed by atoms with Crippen LogP contribution in [0.25, 0.3) is 0 Å². The number of anilines is 1. The van der Waals surface area contributed by atoms with E-state index in [-0.39, 0.29) is 18.7 Å². The Bertz CT molecular complexity index is 459. The molecule has 1 aromatic rings. The lowest BCUT2D eigenvalue weighted by Crippen LogP contribution is -2.40. The van der Waals surface area contributed by atoms with Crippen LogP contribution in [0.5, 0.6) is 0 Å². The highest BCUT2D eigenvalue weighted by Crippen LogP contribution is 2.24. The van der Waals surface area contributed by atoms with E-state index in [9.17, 15) is 4.79 Å². The molecule has 0 aliphatic heterocycles. The molecule has 0 bridgehead atoms. The van der Waals surface area contributed by atoms with Crippen LogP contribution < -0.4 is 10.6 Å². The topological polar surface area (TPSA) is 61.4 Å². The molecule has 2 amide bonds. The molecule has 4 nitrogen and oxygen atoms in total. The van der Waals surface area contributed by atoms with Gasteiger partial charge in [0.05, 0.1) is 0 Å². The first-order valence-corrected chi connectivity index (χ1v) is 8.41. The average Bonchev–Trinajstić information content (AvgIpc) is 2.86. The summed E-state index contributed by atoms with van der Waals surface area (Å²) >= 11 is 1.66. The SMILES string of the molecule is CSCC(CCO)NC(=O)Nc1ccc2c(c1)CCC2. The zero-order valence-electron chi connectivity index (χ0n) is 11.8. The molecule has 1 aliphatic carbocycles. The van der Waals surface area contributed by atoms with Crippen LogP contribution in [0.15, 0.2) is 18.2 Å². The fourth-order valence-electron chi connectivity index (χ4n) is 2.56. The number of hydrogen-bond donors (Lipinski definition) is 3. The zero-order valence-corrected chi connectivity index (χ0v) is 12.6. The molecule has 1 unspecified atom stereocenters. The van der Waals surface area contributed by atoms with Crippen LogP contribution in [0.2, 0.25) is 0 Å². The van der Waals surface area contributed by atoms with Crippen molar-refractivity contribution in [2.45, 2.75) is 31.7 Å². The lowest BCUT2D eigenvalue weighted by atomic mass is 10.1. The molecule has 1 aromatic carbocycles. The van der Waals surface area contributed by atoms with Crippen molar-refractivity contribution in [3.8, 4) is 0 Å². The molecule has 0 saturated heterocycles. The van der Waals surface area contributed by atoms with Gasteiger partial charge in [0, 0.05) is 24.1 Å². The van der Waals surface area contributed by atoms with Gasteiger partial charge in [-0.05, 0) is 55.2 Å². The Kier molecular flexibility index (Phi) is 5.73. The van der Waals surface area contributed by atoms with Crippen LogP contribution in [0, 0.1) is 0 Å². The number of aryl methyl sites for hydroxylation is 2. The Morgan fingerprint density at radius 3 is 2.95 bits per heavy atom. The summed E-state index contributed by atoms with van der Waals surface area (Å²) in [7, 11) is 0. The van der Waals surface area contributed by atoms with Crippen molar-refractivity contribution in [1.82, 2.24) is 5.32 Å². The third kappa shape index (κ3) is 4.15. The summed E-state index contributed by atoms with van der Waals surface area (Å²) in [6, 6.07) is 5.93. The number of benzene rings is 1. The van der Waals surface area contributed by atoms with Gasteiger partial charge in [-0.3, -0.25) is 0 Å². The van der Waals surface area contributed by atoms with Crippen molar-refractivity contribution in [3.63, 3.8) is 0 Å². The molecule has 0 spiro atoms. The van der Waals surface area contributed by atoms with Crippen LogP contribution in [-0.4, -0.2) is 35.8 Å². The number of fused-ring (bicyclic) bond motifs is 1. The number of hydrogen-bond acceptors (Lipinski definition) is 3. The summed E-state index contributed by atoms with van der Waals surface area (Å²) in [4.78, 5) is 12.0. The quantitative estimate of drug-likeness (QED) is 0.755. The van der Waals surface area contributed by atoms with E-state index in [0.717, 1.165) is 24.3 Å². The van der Waals surface area contributed by atoms with Gasteiger partial charge in [-0.25, -0.2) is 4.79 Å². The number of carbonyl (C=O) groups excluding carboxylic acids is 1. The number of aliphatic hydroxyl groups is 1. The third-order valence-corrected chi connectivity index (χ3v) is 4.27. The Labute approximate surface area is 124 Å². The molecule has 2 rings (SSSR count). The molecule has 5 heteroatoms. The number of thioether (sulfide) groups is 1. The summed E-state index contributed by atoms with van der Waals surface area (Å²) in [5.41, 5.74) is 3.59. The standard InChI is InChI=1S/C15H22N2O2S/c1-20-10-14(7-8-18)17-15(19)16-13-6-5-11-3-2-4-12(11)9-13/h5-6,9,14,18H,2-4,7-8,10H2,1H3,(H2,16,17,19). The fourth-order valence-corrected chi connectivity index (χ4v) is 3.21. The summed E-state index contributed by atoms with van der Waals surface area (Å²) in [6.45, 7) is 0.0877. The van der Waals surface area contributed by atoms with Crippen molar-refractivity contribution in [3.05, 3.63) is 29.3 Å². The maximum atomic E-state index is 12.0. The monoisotopic (exact) mass is 294 g/mol. The number of rotatable bonds is 6. The van der Waals surface area contributed by atoms with Gasteiger partial charge in [0.2, 0.25) is 0 Å². The summed E-state index contributed by atoms with van der Waals surface area (Å²) in [6.07, 6.45) is 6.03. The van der Waals surface area contributed by atoms with Gasteiger partial charge >= 0.3 is 6.03 Å². The molecule has 20 heavy (non-hydrogen) atoms. The maximum absolute atomic E-state index is 12.0. The summed E-state index contributed by atoms with van der Waals surface area (Å²) < 4.78 is 0. The Hall–Kier alpha value is -1.20. The van der Waals surface area contributed by atoms with Crippen LogP contribution in [-0.2, 0) is 12.8 Å². The normalized spacial score (nSPS) is 14.7. The number of amides is 2. The van der Waals surface area contributed by atoms with Gasteiger partial charge in [-0.2, -0.15) is 11.8 Å². The smallest absolute Gasteiger partial charge is 0.319 e. The lowest BCUT2D eigenvalue weighted by molar-refractivity contribution is 0.241. The predicted octanol–water partition coefficient (Wildman–Crippen LogP) is 2.41. The van der Waals surface area contributed by atoms with Crippen LogP contribution in [0.4, 0.5) is 10.5 Å². The Morgan fingerprint density at radius 2 is 2.20 bits per heavy atom. The highest BCUT2D eigenvalue weighted by atomic mass is 32.2. The van der Waals surface area contributed by atoms with Gasteiger partial charge in [-0.1, -0.05) is 6.07 Å². The number of carbonyl (C=O) groups is 1. The molecule has 1 atom stereocenters. The van der Waals surface area contributed by atoms with E-state index in [1.54, 1.807) is 11.8 Å². The van der Waals surface area contributed by atoms with E-state index >= 15 is 0 Å². The molecule has 110 valence electrons. The second kappa shape index (κ2) is 7.55. The first-order valence-electron chi connectivity index (χ1n) is 7.02. The van der Waals surface area contributed by atoms with Crippen molar-refractivity contribution in [1.29, 1.82) is 0 Å². The van der Waals surface area contributed by atoms with E-state index < -0.39 is 0 Å². The van der Waals surface area contributed by atoms with Crippen molar-refractivity contribution in [2.24, 2.45) is 0 Å².